The maximum absolute atomic E-state index is 4.46. The number of aromatic nitrogens is 2. The Morgan fingerprint density at radius 1 is 1.15 bits per heavy atom. The smallest absolute Gasteiger partial charge is 0.104 e. The van der Waals surface area contributed by atoms with Crippen LogP contribution in [-0.2, 0) is 0 Å². The average Bonchev–Trinajstić information content (AvgIpc) is 3.21. The maximum Gasteiger partial charge on any atom is 0.104 e. The summed E-state index contributed by atoms with van der Waals surface area (Å²) >= 11 is 0. The van der Waals surface area contributed by atoms with Gasteiger partial charge < -0.3 is 10.3 Å². The first-order valence-corrected chi connectivity index (χ1v) is 8.01. The zero-order valence-corrected chi connectivity index (χ0v) is 12.2. The minimum atomic E-state index is 0.663. The first-order chi connectivity index (χ1) is 9.78. The summed E-state index contributed by atoms with van der Waals surface area (Å²) in [5.74, 6) is 3.03. The highest BCUT2D eigenvalue weighted by Crippen LogP contribution is 2.44. The van der Waals surface area contributed by atoms with Crippen LogP contribution in [0.3, 0.4) is 0 Å². The van der Waals surface area contributed by atoms with E-state index < -0.39 is 0 Å². The fourth-order valence-electron chi connectivity index (χ4n) is 3.82. The van der Waals surface area contributed by atoms with Crippen LogP contribution in [-0.4, -0.2) is 16.0 Å². The molecule has 2 unspecified atom stereocenters. The van der Waals surface area contributed by atoms with E-state index in [1.165, 1.54) is 44.2 Å². The molecule has 2 aliphatic carbocycles. The van der Waals surface area contributed by atoms with Crippen molar-refractivity contribution in [1.29, 1.82) is 0 Å². The predicted molar refractivity (Wildman–Crippen MR) is 82.9 cm³/mol. The molecule has 1 heterocycles. The standard InChI is InChI=1S/C17H23N3/c1-11-18-16-8-7-15(10-17(16)19-11)20-14-4-2-3-13(9-14)12-5-6-12/h7-8,10,12-14,20H,2-6,9H2,1H3,(H,18,19). The second kappa shape index (κ2) is 4.80. The van der Waals surface area contributed by atoms with Crippen molar-refractivity contribution in [2.75, 3.05) is 5.32 Å². The number of anilines is 1. The molecule has 0 radical (unpaired) electrons. The lowest BCUT2D eigenvalue weighted by atomic mass is 9.82. The Morgan fingerprint density at radius 2 is 2.05 bits per heavy atom. The van der Waals surface area contributed by atoms with Crippen LogP contribution in [0.5, 0.6) is 0 Å². The van der Waals surface area contributed by atoms with Crippen LogP contribution in [0.2, 0.25) is 0 Å². The molecule has 3 heteroatoms. The van der Waals surface area contributed by atoms with Crippen LogP contribution >= 0.6 is 0 Å². The summed E-state index contributed by atoms with van der Waals surface area (Å²) in [6.07, 6.45) is 8.51. The number of nitrogens with one attached hydrogen (secondary N) is 2. The summed E-state index contributed by atoms with van der Waals surface area (Å²) in [7, 11) is 0. The molecule has 1 aromatic carbocycles. The summed E-state index contributed by atoms with van der Waals surface area (Å²) in [6.45, 7) is 2.01. The molecule has 0 amide bonds. The van der Waals surface area contributed by atoms with Gasteiger partial charge in [-0.3, -0.25) is 0 Å². The van der Waals surface area contributed by atoms with Crippen LogP contribution in [0.25, 0.3) is 11.0 Å². The molecule has 0 spiro atoms. The van der Waals surface area contributed by atoms with E-state index in [1.807, 2.05) is 6.92 Å². The van der Waals surface area contributed by atoms with Crippen LogP contribution < -0.4 is 5.32 Å². The third kappa shape index (κ3) is 2.41. The van der Waals surface area contributed by atoms with Gasteiger partial charge in [0.05, 0.1) is 11.0 Å². The van der Waals surface area contributed by atoms with E-state index in [4.69, 9.17) is 0 Å². The fourth-order valence-corrected chi connectivity index (χ4v) is 3.82. The van der Waals surface area contributed by atoms with Gasteiger partial charge in [-0.05, 0) is 62.6 Å². The minimum absolute atomic E-state index is 0.663. The molecule has 106 valence electrons. The molecule has 3 nitrogen and oxygen atoms in total. The van der Waals surface area contributed by atoms with Gasteiger partial charge in [0.25, 0.3) is 0 Å². The average molecular weight is 269 g/mol. The third-order valence-electron chi connectivity index (χ3n) is 4.97. The van der Waals surface area contributed by atoms with Crippen molar-refractivity contribution in [2.24, 2.45) is 11.8 Å². The molecule has 2 aromatic rings. The second-order valence-corrected chi connectivity index (χ2v) is 6.66. The van der Waals surface area contributed by atoms with Gasteiger partial charge in [-0.15, -0.1) is 0 Å². The molecule has 0 bridgehead atoms. The minimum Gasteiger partial charge on any atom is -0.382 e. The second-order valence-electron chi connectivity index (χ2n) is 6.66. The first-order valence-electron chi connectivity index (χ1n) is 8.01. The zero-order valence-electron chi connectivity index (χ0n) is 12.2. The molecule has 2 N–H and O–H groups in total. The monoisotopic (exact) mass is 269 g/mol. The van der Waals surface area contributed by atoms with Crippen molar-refractivity contribution in [3.05, 3.63) is 24.0 Å². The van der Waals surface area contributed by atoms with Crippen molar-refractivity contribution in [3.8, 4) is 0 Å². The van der Waals surface area contributed by atoms with Crippen molar-refractivity contribution in [2.45, 2.75) is 51.5 Å². The Labute approximate surface area is 120 Å². The summed E-state index contributed by atoms with van der Waals surface area (Å²) in [5, 5.41) is 3.75. The summed E-state index contributed by atoms with van der Waals surface area (Å²) in [5.41, 5.74) is 3.44. The van der Waals surface area contributed by atoms with E-state index in [9.17, 15) is 0 Å². The van der Waals surface area contributed by atoms with Crippen LogP contribution in [0, 0.1) is 18.8 Å². The van der Waals surface area contributed by atoms with Gasteiger partial charge in [0, 0.05) is 11.7 Å². The predicted octanol–water partition coefficient (Wildman–Crippen LogP) is 4.25. The van der Waals surface area contributed by atoms with Gasteiger partial charge in [-0.1, -0.05) is 12.8 Å². The number of aryl methyl sites for hydroxylation is 1. The van der Waals surface area contributed by atoms with E-state index in [0.29, 0.717) is 6.04 Å². The van der Waals surface area contributed by atoms with E-state index in [2.05, 4.69) is 33.5 Å². The lowest BCUT2D eigenvalue weighted by Crippen LogP contribution is -2.28. The highest BCUT2D eigenvalue weighted by atomic mass is 14.9. The molecule has 2 atom stereocenters. The fraction of sp³-hybridized carbons (Fsp3) is 0.588. The van der Waals surface area contributed by atoms with Gasteiger partial charge in [0.2, 0.25) is 0 Å². The Morgan fingerprint density at radius 3 is 2.90 bits per heavy atom. The van der Waals surface area contributed by atoms with E-state index in [-0.39, 0.29) is 0 Å². The molecule has 2 aliphatic rings. The van der Waals surface area contributed by atoms with Gasteiger partial charge in [-0.2, -0.15) is 0 Å². The Kier molecular flexibility index (Phi) is 2.94. The number of benzene rings is 1. The zero-order chi connectivity index (χ0) is 13.5. The van der Waals surface area contributed by atoms with Gasteiger partial charge in [0.15, 0.2) is 0 Å². The molecular formula is C17H23N3. The molecule has 2 saturated carbocycles. The highest BCUT2D eigenvalue weighted by molar-refractivity contribution is 5.79. The molecule has 2 fully saturated rings. The maximum atomic E-state index is 4.46. The Bertz CT molecular complexity index is 612. The lowest BCUT2D eigenvalue weighted by Gasteiger charge is -2.30. The topological polar surface area (TPSA) is 40.7 Å². The van der Waals surface area contributed by atoms with Crippen molar-refractivity contribution in [3.63, 3.8) is 0 Å². The molecule has 20 heavy (non-hydrogen) atoms. The van der Waals surface area contributed by atoms with Crippen LogP contribution in [0.15, 0.2) is 18.2 Å². The number of fused-ring (bicyclic) bond motifs is 1. The van der Waals surface area contributed by atoms with Gasteiger partial charge in [0.1, 0.15) is 5.82 Å². The summed E-state index contributed by atoms with van der Waals surface area (Å²) in [6, 6.07) is 7.15. The van der Waals surface area contributed by atoms with Crippen molar-refractivity contribution in [1.82, 2.24) is 9.97 Å². The Balaban J connectivity index is 1.48. The Hall–Kier alpha value is -1.51. The number of H-pyrrole nitrogens is 1. The number of hydrogen-bond acceptors (Lipinski definition) is 2. The molecule has 0 saturated heterocycles. The largest absolute Gasteiger partial charge is 0.382 e. The molecule has 4 rings (SSSR count). The number of rotatable bonds is 3. The van der Waals surface area contributed by atoms with Crippen LogP contribution in [0.1, 0.15) is 44.3 Å². The van der Waals surface area contributed by atoms with Gasteiger partial charge in [-0.25, -0.2) is 4.98 Å². The lowest BCUT2D eigenvalue weighted by molar-refractivity contribution is 0.303. The van der Waals surface area contributed by atoms with Gasteiger partial charge >= 0.3 is 0 Å². The van der Waals surface area contributed by atoms with Crippen molar-refractivity contribution < 1.29 is 0 Å². The highest BCUT2D eigenvalue weighted by Gasteiger charge is 2.34. The van der Waals surface area contributed by atoms with E-state index in [1.54, 1.807) is 0 Å². The number of aromatic amines is 1. The molecule has 0 aliphatic heterocycles. The van der Waals surface area contributed by atoms with E-state index >= 15 is 0 Å². The summed E-state index contributed by atoms with van der Waals surface area (Å²) < 4.78 is 0. The van der Waals surface area contributed by atoms with Crippen LogP contribution in [0.4, 0.5) is 5.69 Å². The van der Waals surface area contributed by atoms with Crippen molar-refractivity contribution >= 4 is 16.7 Å². The quantitative estimate of drug-likeness (QED) is 0.874. The third-order valence-corrected chi connectivity index (χ3v) is 4.97. The number of nitrogens with zero attached hydrogens (tertiary/aromatic N) is 1. The number of imidazole rings is 1. The molecule has 1 aromatic heterocycles. The SMILES string of the molecule is Cc1nc2ccc(NC3CCCC(C4CC4)C3)cc2[nH]1. The normalized spacial score (nSPS) is 26.9. The first kappa shape index (κ1) is 12.2. The van der Waals surface area contributed by atoms with E-state index in [0.717, 1.165) is 28.7 Å². The summed E-state index contributed by atoms with van der Waals surface area (Å²) in [4.78, 5) is 7.78. The molecular weight excluding hydrogens is 246 g/mol. The number of hydrogen-bond donors (Lipinski definition) is 2.